The molecule has 1 heterocycles. The first-order valence-corrected chi connectivity index (χ1v) is 7.98. The second kappa shape index (κ2) is 6.88. The summed E-state index contributed by atoms with van der Waals surface area (Å²) < 4.78 is 6.78. The number of hydrogen-bond acceptors (Lipinski definition) is 3. The fraction of sp³-hybridized carbons (Fsp3) is 0.692. The first-order chi connectivity index (χ1) is 8.25. The van der Waals surface area contributed by atoms with Gasteiger partial charge in [-0.25, -0.2) is 0 Å². The monoisotopic (exact) mass is 317 g/mol. The van der Waals surface area contributed by atoms with Crippen LogP contribution in [0.5, 0.6) is 0 Å². The Balaban J connectivity index is 1.51. The average Bonchev–Trinajstić information content (AvgIpc) is 3.04. The van der Waals surface area contributed by atoms with Crippen LogP contribution < -0.4 is 5.32 Å². The molecule has 0 saturated heterocycles. The molecule has 1 saturated carbocycles. The Hall–Kier alpha value is 0.1000. The molecular formula is C13H20BrNOS. The van der Waals surface area contributed by atoms with Crippen LogP contribution in [0.15, 0.2) is 15.9 Å². The lowest BCUT2D eigenvalue weighted by Gasteiger charge is -2.11. The molecule has 2 rings (SSSR count). The maximum Gasteiger partial charge on any atom is 0.0494 e. The Bertz CT molecular complexity index is 338. The number of ether oxygens (including phenoxy) is 1. The van der Waals surface area contributed by atoms with Crippen LogP contribution in [0.3, 0.4) is 0 Å². The van der Waals surface area contributed by atoms with Crippen molar-refractivity contribution in [1.29, 1.82) is 0 Å². The van der Waals surface area contributed by atoms with E-state index >= 15 is 0 Å². The zero-order valence-electron chi connectivity index (χ0n) is 10.2. The molecule has 1 aliphatic carbocycles. The fourth-order valence-electron chi connectivity index (χ4n) is 1.68. The zero-order valence-corrected chi connectivity index (χ0v) is 12.6. The summed E-state index contributed by atoms with van der Waals surface area (Å²) >= 11 is 5.28. The molecule has 1 aliphatic rings. The van der Waals surface area contributed by atoms with Crippen LogP contribution in [-0.2, 0) is 4.74 Å². The molecule has 17 heavy (non-hydrogen) atoms. The molecule has 1 aromatic rings. The molecule has 0 amide bonds. The lowest BCUT2D eigenvalue weighted by Crippen LogP contribution is -2.20. The largest absolute Gasteiger partial charge is 0.381 e. The van der Waals surface area contributed by atoms with E-state index in [4.69, 9.17) is 4.74 Å². The topological polar surface area (TPSA) is 21.3 Å². The van der Waals surface area contributed by atoms with Crippen molar-refractivity contribution >= 4 is 27.3 Å². The summed E-state index contributed by atoms with van der Waals surface area (Å²) in [4.78, 5) is 1.38. The highest BCUT2D eigenvalue weighted by molar-refractivity contribution is 9.10. The Morgan fingerprint density at radius 1 is 1.59 bits per heavy atom. The van der Waals surface area contributed by atoms with E-state index in [0.717, 1.165) is 32.1 Å². The molecule has 0 aliphatic heterocycles. The molecule has 4 heteroatoms. The molecule has 1 fully saturated rings. The summed E-state index contributed by atoms with van der Waals surface area (Å²) in [7, 11) is 0. The van der Waals surface area contributed by atoms with Gasteiger partial charge in [-0.15, -0.1) is 11.3 Å². The molecule has 1 N–H and O–H groups in total. The van der Waals surface area contributed by atoms with E-state index in [0.29, 0.717) is 6.04 Å². The van der Waals surface area contributed by atoms with E-state index in [9.17, 15) is 0 Å². The van der Waals surface area contributed by atoms with E-state index in [1.807, 2.05) is 0 Å². The van der Waals surface area contributed by atoms with Crippen molar-refractivity contribution in [2.45, 2.75) is 32.2 Å². The van der Waals surface area contributed by atoms with Gasteiger partial charge in [0.2, 0.25) is 0 Å². The van der Waals surface area contributed by atoms with Crippen LogP contribution in [0.25, 0.3) is 0 Å². The number of nitrogens with one attached hydrogen (secondary N) is 1. The maximum absolute atomic E-state index is 5.60. The first-order valence-electron chi connectivity index (χ1n) is 6.31. The van der Waals surface area contributed by atoms with Gasteiger partial charge in [-0.2, -0.15) is 0 Å². The average molecular weight is 318 g/mol. The van der Waals surface area contributed by atoms with Gasteiger partial charge in [0.1, 0.15) is 0 Å². The first kappa shape index (κ1) is 13.5. The highest BCUT2D eigenvalue weighted by atomic mass is 79.9. The summed E-state index contributed by atoms with van der Waals surface area (Å²) in [5.41, 5.74) is 0. The van der Waals surface area contributed by atoms with Crippen molar-refractivity contribution in [1.82, 2.24) is 5.32 Å². The second-order valence-electron chi connectivity index (χ2n) is 4.71. The highest BCUT2D eigenvalue weighted by Crippen LogP contribution is 2.28. The van der Waals surface area contributed by atoms with Gasteiger partial charge in [0.25, 0.3) is 0 Å². The van der Waals surface area contributed by atoms with Gasteiger partial charge >= 0.3 is 0 Å². The van der Waals surface area contributed by atoms with Crippen molar-refractivity contribution in [2.24, 2.45) is 5.92 Å². The minimum absolute atomic E-state index is 0.440. The lowest BCUT2D eigenvalue weighted by molar-refractivity contribution is 0.121. The quantitative estimate of drug-likeness (QED) is 0.732. The van der Waals surface area contributed by atoms with E-state index in [1.54, 1.807) is 11.3 Å². The normalized spacial score (nSPS) is 17.3. The molecule has 96 valence electrons. The predicted octanol–water partition coefficient (Wildman–Crippen LogP) is 3.98. The minimum Gasteiger partial charge on any atom is -0.381 e. The molecule has 0 bridgehead atoms. The highest BCUT2D eigenvalue weighted by Gasteiger charge is 2.20. The van der Waals surface area contributed by atoms with Gasteiger partial charge in [0.05, 0.1) is 0 Å². The van der Waals surface area contributed by atoms with Crippen molar-refractivity contribution in [3.8, 4) is 0 Å². The van der Waals surface area contributed by atoms with Crippen LogP contribution in [0.1, 0.15) is 37.1 Å². The Morgan fingerprint density at radius 3 is 3.06 bits per heavy atom. The summed E-state index contributed by atoms with van der Waals surface area (Å²) in [6.07, 6.45) is 3.86. The summed E-state index contributed by atoms with van der Waals surface area (Å²) in [6, 6.07) is 2.63. The van der Waals surface area contributed by atoms with Gasteiger partial charge in [0.15, 0.2) is 0 Å². The SMILES string of the molecule is CC(NCCCOCC1CC1)c1cc(Br)cs1. The van der Waals surface area contributed by atoms with Gasteiger partial charge in [-0.05, 0) is 60.6 Å². The van der Waals surface area contributed by atoms with Gasteiger partial charge in [0, 0.05) is 34.0 Å². The third-order valence-corrected chi connectivity index (χ3v) is 4.86. The van der Waals surface area contributed by atoms with Crippen LogP contribution in [0, 0.1) is 5.92 Å². The summed E-state index contributed by atoms with van der Waals surface area (Å²) in [6.45, 7) is 5.11. The number of rotatable bonds is 8. The van der Waals surface area contributed by atoms with Crippen LogP contribution >= 0.6 is 27.3 Å². The van der Waals surface area contributed by atoms with Crippen LogP contribution in [0.2, 0.25) is 0 Å². The van der Waals surface area contributed by atoms with Gasteiger partial charge in [-0.3, -0.25) is 0 Å². The molecule has 1 atom stereocenters. The minimum atomic E-state index is 0.440. The molecule has 0 aromatic carbocycles. The fourth-order valence-corrected chi connectivity index (χ4v) is 3.16. The van der Waals surface area contributed by atoms with Crippen LogP contribution in [0.4, 0.5) is 0 Å². The molecule has 1 unspecified atom stereocenters. The summed E-state index contributed by atoms with van der Waals surface area (Å²) in [5.74, 6) is 0.880. The number of hydrogen-bond donors (Lipinski definition) is 1. The second-order valence-corrected chi connectivity index (χ2v) is 6.57. The zero-order chi connectivity index (χ0) is 12.1. The van der Waals surface area contributed by atoms with Crippen molar-refractivity contribution in [3.05, 3.63) is 20.8 Å². The van der Waals surface area contributed by atoms with Crippen molar-refractivity contribution in [3.63, 3.8) is 0 Å². The predicted molar refractivity (Wildman–Crippen MR) is 76.6 cm³/mol. The van der Waals surface area contributed by atoms with E-state index < -0.39 is 0 Å². The summed E-state index contributed by atoms with van der Waals surface area (Å²) in [5, 5.41) is 5.66. The molecule has 1 aromatic heterocycles. The van der Waals surface area contributed by atoms with E-state index in [-0.39, 0.29) is 0 Å². The molecule has 2 nitrogen and oxygen atoms in total. The third-order valence-electron chi connectivity index (χ3n) is 2.98. The molecule has 0 spiro atoms. The Labute approximate surface area is 116 Å². The van der Waals surface area contributed by atoms with E-state index in [1.165, 1.54) is 22.2 Å². The van der Waals surface area contributed by atoms with Gasteiger partial charge in [-0.1, -0.05) is 0 Å². The molecular weight excluding hydrogens is 298 g/mol. The Kier molecular flexibility index (Phi) is 5.48. The van der Waals surface area contributed by atoms with Crippen molar-refractivity contribution in [2.75, 3.05) is 19.8 Å². The van der Waals surface area contributed by atoms with Gasteiger partial charge < -0.3 is 10.1 Å². The standard InChI is InChI=1S/C13H20BrNOS/c1-10(13-7-12(14)9-17-13)15-5-2-6-16-8-11-3-4-11/h7,9-11,15H,2-6,8H2,1H3. The number of thiophene rings is 1. The maximum atomic E-state index is 5.60. The third kappa shape index (κ3) is 5.08. The molecule has 0 radical (unpaired) electrons. The Morgan fingerprint density at radius 2 is 2.41 bits per heavy atom. The smallest absolute Gasteiger partial charge is 0.0494 e. The number of halogens is 1. The van der Waals surface area contributed by atoms with Crippen molar-refractivity contribution < 1.29 is 4.74 Å². The van der Waals surface area contributed by atoms with Crippen LogP contribution in [-0.4, -0.2) is 19.8 Å². The van der Waals surface area contributed by atoms with E-state index in [2.05, 4.69) is 39.6 Å². The lowest BCUT2D eigenvalue weighted by atomic mass is 10.2.